The van der Waals surface area contributed by atoms with Crippen LogP contribution in [0.2, 0.25) is 0 Å². The molecule has 0 aliphatic rings. The topological polar surface area (TPSA) is 102 Å². The molecule has 1 amide bonds. The summed E-state index contributed by atoms with van der Waals surface area (Å²) in [5, 5.41) is 2.53. The quantitative estimate of drug-likeness (QED) is 0.769. The average Bonchev–Trinajstić information content (AvgIpc) is 2.54. The lowest BCUT2D eigenvalue weighted by atomic mass is 10.1. The zero-order valence-corrected chi connectivity index (χ0v) is 14.8. The highest BCUT2D eigenvalue weighted by molar-refractivity contribution is 7.92. The largest absolute Gasteiger partial charge is 0.495 e. The van der Waals surface area contributed by atoms with Gasteiger partial charge in [0.1, 0.15) is 5.75 Å². The Balaban J connectivity index is 2.48. The lowest BCUT2D eigenvalue weighted by Crippen LogP contribution is -2.15. The van der Waals surface area contributed by atoms with Gasteiger partial charge in [-0.15, -0.1) is 0 Å². The van der Waals surface area contributed by atoms with E-state index in [1.165, 1.54) is 38.3 Å². The minimum atomic E-state index is -3.89. The minimum Gasteiger partial charge on any atom is -0.495 e. The summed E-state index contributed by atoms with van der Waals surface area (Å²) in [5.41, 5.74) is 1.30. The number of ether oxygens (including phenoxy) is 1. The molecule has 7 nitrogen and oxygen atoms in total. The first kappa shape index (κ1) is 18.5. The van der Waals surface area contributed by atoms with Gasteiger partial charge in [-0.25, -0.2) is 8.42 Å². The molecule has 0 fully saturated rings. The van der Waals surface area contributed by atoms with Crippen molar-refractivity contribution in [2.45, 2.75) is 18.7 Å². The Bertz CT molecular complexity index is 905. The molecule has 2 rings (SSSR count). The highest BCUT2D eigenvalue weighted by Crippen LogP contribution is 2.32. The molecule has 0 atom stereocenters. The number of hydrogen-bond acceptors (Lipinski definition) is 5. The third-order valence-electron chi connectivity index (χ3n) is 3.38. The van der Waals surface area contributed by atoms with Crippen molar-refractivity contribution in [3.05, 3.63) is 47.5 Å². The minimum absolute atomic E-state index is 0.0418. The summed E-state index contributed by atoms with van der Waals surface area (Å²) in [6.07, 6.45) is 0.507. The summed E-state index contributed by atoms with van der Waals surface area (Å²) < 4.78 is 32.5. The molecular weight excluding hydrogens is 344 g/mol. The molecule has 0 heterocycles. The number of benzene rings is 2. The zero-order chi connectivity index (χ0) is 18.6. The van der Waals surface area contributed by atoms with Crippen molar-refractivity contribution < 1.29 is 22.7 Å². The first-order valence-corrected chi connectivity index (χ1v) is 8.79. The number of anilines is 2. The maximum Gasteiger partial charge on any atom is 0.261 e. The molecule has 0 saturated carbocycles. The first-order valence-electron chi connectivity index (χ1n) is 7.31. The number of hydrogen-bond donors (Lipinski definition) is 2. The number of rotatable bonds is 6. The van der Waals surface area contributed by atoms with E-state index in [1.54, 1.807) is 12.1 Å². The first-order chi connectivity index (χ1) is 11.8. The van der Waals surface area contributed by atoms with Crippen LogP contribution in [0.25, 0.3) is 0 Å². The Labute approximate surface area is 146 Å². The smallest absolute Gasteiger partial charge is 0.261 e. The maximum atomic E-state index is 12.5. The van der Waals surface area contributed by atoms with E-state index < -0.39 is 10.0 Å². The van der Waals surface area contributed by atoms with Gasteiger partial charge in [0.15, 0.2) is 6.29 Å². The molecule has 0 aliphatic carbocycles. The molecule has 0 bridgehead atoms. The van der Waals surface area contributed by atoms with Crippen LogP contribution in [0, 0.1) is 6.92 Å². The summed E-state index contributed by atoms with van der Waals surface area (Å²) in [5.74, 6) is -0.111. The zero-order valence-electron chi connectivity index (χ0n) is 14.0. The number of nitrogens with one attached hydrogen (secondary N) is 2. The third kappa shape index (κ3) is 4.36. The van der Waals surface area contributed by atoms with Crippen molar-refractivity contribution in [1.29, 1.82) is 0 Å². The lowest BCUT2D eigenvalue weighted by molar-refractivity contribution is -0.114. The van der Waals surface area contributed by atoms with E-state index in [9.17, 15) is 18.0 Å². The van der Waals surface area contributed by atoms with E-state index >= 15 is 0 Å². The fraction of sp³-hybridized carbons (Fsp3) is 0.176. The highest BCUT2D eigenvalue weighted by Gasteiger charge is 2.18. The molecular formula is C17H18N2O5S. The molecule has 0 saturated heterocycles. The van der Waals surface area contributed by atoms with Crippen LogP contribution in [0.4, 0.5) is 11.4 Å². The van der Waals surface area contributed by atoms with E-state index in [1.807, 2.05) is 6.92 Å². The number of sulfonamides is 1. The second kappa shape index (κ2) is 7.35. The Morgan fingerprint density at radius 1 is 1.12 bits per heavy atom. The Kier molecular flexibility index (Phi) is 5.43. The fourth-order valence-corrected chi connectivity index (χ4v) is 3.24. The van der Waals surface area contributed by atoms with Gasteiger partial charge in [-0.2, -0.15) is 0 Å². The summed E-state index contributed by atoms with van der Waals surface area (Å²) in [6.45, 7) is 3.15. The van der Waals surface area contributed by atoms with Gasteiger partial charge in [0.25, 0.3) is 10.0 Å². The van der Waals surface area contributed by atoms with Gasteiger partial charge in [-0.3, -0.25) is 14.3 Å². The number of aldehydes is 1. The van der Waals surface area contributed by atoms with Crippen LogP contribution in [0.1, 0.15) is 22.8 Å². The number of carbonyl (C=O) groups is 2. The molecule has 2 aromatic rings. The van der Waals surface area contributed by atoms with Gasteiger partial charge in [0.2, 0.25) is 5.91 Å². The van der Waals surface area contributed by atoms with Gasteiger partial charge in [0.05, 0.1) is 23.4 Å². The molecule has 0 aromatic heterocycles. The van der Waals surface area contributed by atoms with Crippen molar-refractivity contribution in [3.63, 3.8) is 0 Å². The molecule has 2 N–H and O–H groups in total. The summed E-state index contributed by atoms with van der Waals surface area (Å²) in [6, 6.07) is 8.98. The van der Waals surface area contributed by atoms with Crippen LogP contribution in [-0.2, 0) is 14.8 Å². The van der Waals surface area contributed by atoms with E-state index in [2.05, 4.69) is 10.0 Å². The van der Waals surface area contributed by atoms with Crippen molar-refractivity contribution in [1.82, 2.24) is 0 Å². The van der Waals surface area contributed by atoms with E-state index in [4.69, 9.17) is 4.74 Å². The second-order valence-corrected chi connectivity index (χ2v) is 7.04. The van der Waals surface area contributed by atoms with Gasteiger partial charge in [-0.1, -0.05) is 17.7 Å². The van der Waals surface area contributed by atoms with Crippen LogP contribution >= 0.6 is 0 Å². The van der Waals surface area contributed by atoms with Crippen molar-refractivity contribution in [3.8, 4) is 5.75 Å². The van der Waals surface area contributed by atoms with Gasteiger partial charge in [-0.05, 0) is 31.2 Å². The standard InChI is InChI=1S/C17H18N2O5S/c1-11-4-6-14(7-5-11)25(22,23)19-15-9-16(18-12(2)21)17(24-3)8-13(15)10-20/h4-10,19H,1-3H3,(H,18,21). The van der Waals surface area contributed by atoms with E-state index in [-0.39, 0.29) is 33.5 Å². The van der Waals surface area contributed by atoms with Crippen LogP contribution in [-0.4, -0.2) is 27.7 Å². The Hall–Kier alpha value is -2.87. The SMILES string of the molecule is COc1cc(C=O)c(NS(=O)(=O)c2ccc(C)cc2)cc1NC(C)=O. The monoisotopic (exact) mass is 362 g/mol. The molecule has 0 radical (unpaired) electrons. The maximum absolute atomic E-state index is 12.5. The molecule has 2 aromatic carbocycles. The predicted octanol–water partition coefficient (Wildman–Crippen LogP) is 2.58. The van der Waals surface area contributed by atoms with Gasteiger partial charge < -0.3 is 10.1 Å². The van der Waals surface area contributed by atoms with Crippen LogP contribution in [0.15, 0.2) is 41.3 Å². The molecule has 25 heavy (non-hydrogen) atoms. The third-order valence-corrected chi connectivity index (χ3v) is 4.77. The van der Waals surface area contributed by atoms with E-state index in [0.29, 0.717) is 6.29 Å². The number of aryl methyl sites for hydroxylation is 1. The lowest BCUT2D eigenvalue weighted by Gasteiger charge is -2.15. The number of carbonyl (C=O) groups excluding carboxylic acids is 2. The molecule has 8 heteroatoms. The van der Waals surface area contributed by atoms with Crippen LogP contribution in [0.5, 0.6) is 5.75 Å². The second-order valence-electron chi connectivity index (χ2n) is 5.36. The summed E-state index contributed by atoms with van der Waals surface area (Å²) in [7, 11) is -2.51. The summed E-state index contributed by atoms with van der Waals surface area (Å²) >= 11 is 0. The van der Waals surface area contributed by atoms with Gasteiger partial charge >= 0.3 is 0 Å². The summed E-state index contributed by atoms with van der Waals surface area (Å²) in [4.78, 5) is 22.7. The molecule has 132 valence electrons. The van der Waals surface area contributed by atoms with Crippen LogP contribution < -0.4 is 14.8 Å². The average molecular weight is 362 g/mol. The number of methoxy groups -OCH3 is 1. The van der Waals surface area contributed by atoms with Gasteiger partial charge in [0, 0.05) is 12.5 Å². The normalized spacial score (nSPS) is 10.8. The molecule has 0 unspecified atom stereocenters. The Morgan fingerprint density at radius 2 is 1.76 bits per heavy atom. The van der Waals surface area contributed by atoms with Crippen molar-refractivity contribution in [2.24, 2.45) is 0 Å². The predicted molar refractivity (Wildman–Crippen MR) is 94.7 cm³/mol. The molecule has 0 spiro atoms. The van der Waals surface area contributed by atoms with Crippen molar-refractivity contribution in [2.75, 3.05) is 17.1 Å². The van der Waals surface area contributed by atoms with Crippen LogP contribution in [0.3, 0.4) is 0 Å². The molecule has 0 aliphatic heterocycles. The van der Waals surface area contributed by atoms with Crippen molar-refractivity contribution >= 4 is 33.6 Å². The Morgan fingerprint density at radius 3 is 2.28 bits per heavy atom. The highest BCUT2D eigenvalue weighted by atomic mass is 32.2. The van der Waals surface area contributed by atoms with E-state index in [0.717, 1.165) is 5.56 Å². The number of amides is 1. The fourth-order valence-electron chi connectivity index (χ4n) is 2.16.